The minimum atomic E-state index is -1.67. The number of halogens is 1. The molecule has 0 bridgehead atoms. The van der Waals surface area contributed by atoms with Gasteiger partial charge in [-0.25, -0.2) is 0 Å². The molecule has 0 aromatic heterocycles. The van der Waals surface area contributed by atoms with Gasteiger partial charge in [-0.15, -0.1) is 0 Å². The molecule has 0 N–H and O–H groups in total. The SMILES string of the molecule is C[Si](C)(C)O[Si](C)(C)/C=C/c1ccc(Br)cc1. The zero-order valence-corrected chi connectivity index (χ0v) is 14.8. The van der Waals surface area contributed by atoms with Crippen LogP contribution in [0.4, 0.5) is 0 Å². The molecule has 0 radical (unpaired) electrons. The number of benzene rings is 1. The molecule has 0 aliphatic carbocycles. The fourth-order valence-electron chi connectivity index (χ4n) is 1.69. The van der Waals surface area contributed by atoms with E-state index >= 15 is 0 Å². The summed E-state index contributed by atoms with van der Waals surface area (Å²) in [6, 6.07) is 8.35. The van der Waals surface area contributed by atoms with E-state index in [0.29, 0.717) is 0 Å². The molecule has 0 saturated carbocycles. The van der Waals surface area contributed by atoms with E-state index in [1.165, 1.54) is 5.56 Å². The van der Waals surface area contributed by atoms with Crippen molar-refractivity contribution in [2.45, 2.75) is 32.7 Å². The Morgan fingerprint density at radius 1 is 1.00 bits per heavy atom. The van der Waals surface area contributed by atoms with Crippen LogP contribution in [0.1, 0.15) is 5.56 Å². The van der Waals surface area contributed by atoms with E-state index in [0.717, 1.165) is 4.47 Å². The summed E-state index contributed by atoms with van der Waals surface area (Å²) in [5.74, 6) is 0. The van der Waals surface area contributed by atoms with Crippen LogP contribution < -0.4 is 0 Å². The predicted molar refractivity (Wildman–Crippen MR) is 85.1 cm³/mol. The van der Waals surface area contributed by atoms with Gasteiger partial charge in [0.1, 0.15) is 0 Å². The lowest BCUT2D eigenvalue weighted by Crippen LogP contribution is -2.40. The van der Waals surface area contributed by atoms with Gasteiger partial charge in [-0.2, -0.15) is 0 Å². The molecule has 0 heterocycles. The first-order valence-electron chi connectivity index (χ1n) is 5.83. The molecule has 94 valence electrons. The van der Waals surface area contributed by atoms with Gasteiger partial charge in [-0.1, -0.05) is 39.8 Å². The summed E-state index contributed by atoms with van der Waals surface area (Å²) < 4.78 is 7.37. The maximum atomic E-state index is 6.25. The zero-order valence-electron chi connectivity index (χ0n) is 11.3. The van der Waals surface area contributed by atoms with E-state index in [1.54, 1.807) is 0 Å². The van der Waals surface area contributed by atoms with E-state index in [1.807, 2.05) is 0 Å². The van der Waals surface area contributed by atoms with E-state index in [2.05, 4.69) is 84.7 Å². The molecule has 4 heteroatoms. The van der Waals surface area contributed by atoms with Crippen molar-refractivity contribution >= 4 is 38.6 Å². The standard InChI is InChI=1S/C13H21BrOSi2/c1-16(2,3)15-17(4,5)11-10-12-6-8-13(14)9-7-12/h6-11H,1-5H3/b11-10+. The minimum Gasteiger partial charge on any atom is -0.453 e. The molecule has 17 heavy (non-hydrogen) atoms. The van der Waals surface area contributed by atoms with Crippen LogP contribution in [-0.2, 0) is 4.12 Å². The second-order valence-corrected chi connectivity index (χ2v) is 15.2. The summed E-state index contributed by atoms with van der Waals surface area (Å²) >= 11 is 3.44. The van der Waals surface area contributed by atoms with E-state index in [9.17, 15) is 0 Å². The Morgan fingerprint density at radius 3 is 2.00 bits per heavy atom. The van der Waals surface area contributed by atoms with Crippen molar-refractivity contribution < 1.29 is 4.12 Å². The van der Waals surface area contributed by atoms with Gasteiger partial charge in [0.15, 0.2) is 16.6 Å². The molecule has 0 aliphatic heterocycles. The Balaban J connectivity index is 2.73. The van der Waals surface area contributed by atoms with Gasteiger partial charge in [0.05, 0.1) is 0 Å². The van der Waals surface area contributed by atoms with Crippen molar-refractivity contribution in [2.24, 2.45) is 0 Å². The van der Waals surface area contributed by atoms with E-state index in [4.69, 9.17) is 4.12 Å². The normalized spacial score (nSPS) is 13.3. The van der Waals surface area contributed by atoms with Crippen molar-refractivity contribution in [1.82, 2.24) is 0 Å². The topological polar surface area (TPSA) is 9.23 Å². The molecule has 0 amide bonds. The molecule has 0 fully saturated rings. The molecule has 1 rings (SSSR count). The summed E-state index contributed by atoms with van der Waals surface area (Å²) in [5.41, 5.74) is 3.50. The summed E-state index contributed by atoms with van der Waals surface area (Å²) in [4.78, 5) is 0. The van der Waals surface area contributed by atoms with Crippen molar-refractivity contribution in [1.29, 1.82) is 0 Å². The molecule has 1 aromatic rings. The molecule has 0 atom stereocenters. The second kappa shape index (κ2) is 5.65. The summed E-state index contributed by atoms with van der Waals surface area (Å²) in [5, 5.41) is 0. The third-order valence-corrected chi connectivity index (χ3v) is 8.17. The van der Waals surface area contributed by atoms with Gasteiger partial charge < -0.3 is 4.12 Å². The highest BCUT2D eigenvalue weighted by Crippen LogP contribution is 2.17. The largest absolute Gasteiger partial charge is 0.453 e. The molecule has 0 unspecified atom stereocenters. The molecular formula is C13H21BrOSi2. The zero-order chi connectivity index (χ0) is 13.1. The second-order valence-electron chi connectivity index (χ2n) is 5.70. The van der Waals surface area contributed by atoms with Gasteiger partial charge >= 0.3 is 0 Å². The first kappa shape index (κ1) is 14.9. The average Bonchev–Trinajstić information content (AvgIpc) is 2.13. The lowest BCUT2D eigenvalue weighted by atomic mass is 10.2. The van der Waals surface area contributed by atoms with Crippen LogP contribution >= 0.6 is 15.9 Å². The maximum absolute atomic E-state index is 6.25. The van der Waals surface area contributed by atoms with Crippen molar-refractivity contribution in [3.05, 3.63) is 40.0 Å². The molecule has 0 aliphatic rings. The predicted octanol–water partition coefficient (Wildman–Crippen LogP) is 5.06. The molecular weight excluding hydrogens is 308 g/mol. The van der Waals surface area contributed by atoms with Crippen LogP contribution in [0.25, 0.3) is 6.08 Å². The third-order valence-electron chi connectivity index (χ3n) is 2.12. The van der Waals surface area contributed by atoms with Gasteiger partial charge in [-0.05, 0) is 50.4 Å². The maximum Gasteiger partial charge on any atom is 0.198 e. The van der Waals surface area contributed by atoms with Crippen LogP contribution in [0.3, 0.4) is 0 Å². The molecule has 0 saturated heterocycles. The van der Waals surface area contributed by atoms with Gasteiger partial charge in [-0.3, -0.25) is 0 Å². The Hall–Kier alpha value is -0.166. The Morgan fingerprint density at radius 2 is 1.53 bits per heavy atom. The first-order valence-corrected chi connectivity index (χ1v) is 13.0. The van der Waals surface area contributed by atoms with Gasteiger partial charge in [0.2, 0.25) is 0 Å². The van der Waals surface area contributed by atoms with Crippen LogP contribution in [0.2, 0.25) is 32.7 Å². The number of hydrogen-bond acceptors (Lipinski definition) is 1. The fourth-order valence-corrected chi connectivity index (χ4v) is 9.14. The molecule has 1 aromatic carbocycles. The fraction of sp³-hybridized carbons (Fsp3) is 0.385. The highest BCUT2D eigenvalue weighted by molar-refractivity contribution is 9.10. The Labute approximate surface area is 115 Å². The van der Waals surface area contributed by atoms with Gasteiger partial charge in [0.25, 0.3) is 0 Å². The lowest BCUT2D eigenvalue weighted by molar-refractivity contribution is 0.565. The lowest BCUT2D eigenvalue weighted by Gasteiger charge is -2.28. The first-order chi connectivity index (χ1) is 7.68. The summed E-state index contributed by atoms with van der Waals surface area (Å²) in [6.45, 7) is 11.2. The highest BCUT2D eigenvalue weighted by Gasteiger charge is 2.26. The van der Waals surface area contributed by atoms with Crippen molar-refractivity contribution in [2.75, 3.05) is 0 Å². The highest BCUT2D eigenvalue weighted by atomic mass is 79.9. The number of rotatable bonds is 4. The Bertz CT molecular complexity index is 391. The number of hydrogen-bond donors (Lipinski definition) is 0. The third kappa shape index (κ3) is 6.36. The average molecular weight is 329 g/mol. The van der Waals surface area contributed by atoms with Crippen LogP contribution in [-0.4, -0.2) is 16.6 Å². The molecule has 0 spiro atoms. The smallest absolute Gasteiger partial charge is 0.198 e. The summed E-state index contributed by atoms with van der Waals surface area (Å²) in [7, 11) is -3.10. The van der Waals surface area contributed by atoms with Crippen molar-refractivity contribution in [3.8, 4) is 0 Å². The van der Waals surface area contributed by atoms with E-state index in [-0.39, 0.29) is 0 Å². The Kier molecular flexibility index (Phi) is 4.95. The van der Waals surface area contributed by atoms with Gasteiger partial charge in [0, 0.05) is 4.47 Å². The van der Waals surface area contributed by atoms with Crippen LogP contribution in [0.5, 0.6) is 0 Å². The minimum absolute atomic E-state index is 1.12. The quantitative estimate of drug-likeness (QED) is 0.702. The van der Waals surface area contributed by atoms with E-state index < -0.39 is 16.6 Å². The van der Waals surface area contributed by atoms with Crippen molar-refractivity contribution in [3.63, 3.8) is 0 Å². The molecule has 1 nitrogen and oxygen atoms in total. The monoisotopic (exact) mass is 328 g/mol. The van der Waals surface area contributed by atoms with Crippen LogP contribution in [0, 0.1) is 0 Å². The summed E-state index contributed by atoms with van der Waals surface area (Å²) in [6.07, 6.45) is 2.18. The van der Waals surface area contributed by atoms with Crippen LogP contribution in [0.15, 0.2) is 34.4 Å².